The molecule has 34 heavy (non-hydrogen) atoms. The van der Waals surface area contributed by atoms with E-state index in [2.05, 4.69) is 22.8 Å². The Bertz CT molecular complexity index is 1480. The largest absolute Gasteiger partial charge is 0.508 e. The summed E-state index contributed by atoms with van der Waals surface area (Å²) in [5.41, 5.74) is 0.266. The van der Waals surface area contributed by atoms with Crippen LogP contribution in [0.5, 0.6) is 11.8 Å². The number of hydrogen-bond donors (Lipinski definition) is 1. The van der Waals surface area contributed by atoms with Crippen LogP contribution in [0.2, 0.25) is 0 Å². The second-order valence-corrected chi connectivity index (χ2v) is 8.71. The molecule has 5 nitrogen and oxygen atoms in total. The Kier molecular flexibility index (Phi) is 5.45. The quantitative estimate of drug-likeness (QED) is 0.401. The van der Waals surface area contributed by atoms with Crippen LogP contribution in [0.15, 0.2) is 36.4 Å². The van der Waals surface area contributed by atoms with Crippen molar-refractivity contribution in [3.63, 3.8) is 0 Å². The summed E-state index contributed by atoms with van der Waals surface area (Å²) < 4.78 is 37.1. The molecule has 0 spiro atoms. The van der Waals surface area contributed by atoms with E-state index < -0.39 is 11.6 Å². The van der Waals surface area contributed by atoms with Gasteiger partial charge in [0.15, 0.2) is 5.82 Å². The molecule has 0 bridgehead atoms. The van der Waals surface area contributed by atoms with Crippen molar-refractivity contribution in [2.45, 2.75) is 19.8 Å². The van der Waals surface area contributed by atoms with E-state index in [4.69, 9.17) is 11.2 Å². The van der Waals surface area contributed by atoms with Gasteiger partial charge in [-0.25, -0.2) is 8.78 Å². The molecule has 0 unspecified atom stereocenters. The van der Waals surface area contributed by atoms with E-state index in [0.29, 0.717) is 28.1 Å². The van der Waals surface area contributed by atoms with Gasteiger partial charge in [0.05, 0.1) is 12.7 Å². The summed E-state index contributed by atoms with van der Waals surface area (Å²) in [6.45, 7) is 3.60. The van der Waals surface area contributed by atoms with Crippen molar-refractivity contribution in [2.24, 2.45) is 5.92 Å². The fourth-order valence-electron chi connectivity index (χ4n) is 4.85. The lowest BCUT2D eigenvalue weighted by atomic mass is 9.93. The van der Waals surface area contributed by atoms with Crippen LogP contribution < -0.4 is 9.64 Å². The summed E-state index contributed by atoms with van der Waals surface area (Å²) in [5, 5.41) is 11.6. The minimum atomic E-state index is -0.860. The third kappa shape index (κ3) is 3.56. The zero-order valence-electron chi connectivity index (χ0n) is 18.9. The van der Waals surface area contributed by atoms with Gasteiger partial charge < -0.3 is 14.7 Å². The number of nitrogens with zero attached hydrogens (tertiary/aromatic N) is 3. The third-order valence-electron chi connectivity index (χ3n) is 6.37. The molecule has 0 saturated carbocycles. The summed E-state index contributed by atoms with van der Waals surface area (Å²) >= 11 is 0. The van der Waals surface area contributed by atoms with Crippen molar-refractivity contribution >= 4 is 27.5 Å². The van der Waals surface area contributed by atoms with Gasteiger partial charge in [-0.05, 0) is 48.4 Å². The average Bonchev–Trinajstić information content (AvgIpc) is 2.83. The number of methoxy groups -OCH3 is 1. The van der Waals surface area contributed by atoms with Gasteiger partial charge in [0.1, 0.15) is 22.9 Å². The number of benzene rings is 3. The Morgan fingerprint density at radius 2 is 2.03 bits per heavy atom. The van der Waals surface area contributed by atoms with E-state index in [1.54, 1.807) is 18.2 Å². The number of halogens is 2. The van der Waals surface area contributed by atoms with Crippen molar-refractivity contribution in [3.8, 4) is 35.2 Å². The molecular formula is C27H23F2N3O2. The summed E-state index contributed by atoms with van der Waals surface area (Å²) in [6, 6.07) is 9.26. The molecule has 0 radical (unpaired) electrons. The van der Waals surface area contributed by atoms with E-state index >= 15 is 8.78 Å². The standard InChI is InChI=1S/C27H23F2N3O2/c1-4-16-8-5-9-17-11-18(33)12-19(22(16)17)23-21(28)13-20-25(24(23)29)30-27(34-3)31-26(20)32-10-6-7-15(2)14-32/h1,5,8-9,11-13,15,33H,6-7,10,14H2,2-3H3/t15-/m0/s1. The van der Waals surface area contributed by atoms with Crippen molar-refractivity contribution in [1.82, 2.24) is 9.97 Å². The Labute approximate surface area is 196 Å². The SMILES string of the molecule is C#Cc1cccc2cc(O)cc(-c3c(F)cc4c(N5CCC[C@H](C)C5)nc(OC)nc4c3F)c12. The van der Waals surface area contributed by atoms with Gasteiger partial charge >= 0.3 is 6.01 Å². The Morgan fingerprint density at radius 3 is 2.76 bits per heavy atom. The lowest BCUT2D eigenvalue weighted by Gasteiger charge is -2.32. The zero-order valence-corrected chi connectivity index (χ0v) is 18.9. The molecule has 2 heterocycles. The molecule has 172 valence electrons. The molecule has 5 rings (SSSR count). The minimum absolute atomic E-state index is 0.00210. The van der Waals surface area contributed by atoms with Crippen molar-refractivity contribution < 1.29 is 18.6 Å². The third-order valence-corrected chi connectivity index (χ3v) is 6.37. The fraction of sp³-hybridized carbons (Fsp3) is 0.259. The monoisotopic (exact) mass is 459 g/mol. The van der Waals surface area contributed by atoms with Gasteiger partial charge in [-0.1, -0.05) is 25.0 Å². The van der Waals surface area contributed by atoms with E-state index in [9.17, 15) is 5.11 Å². The minimum Gasteiger partial charge on any atom is -0.508 e. The van der Waals surface area contributed by atoms with Crippen LogP contribution >= 0.6 is 0 Å². The van der Waals surface area contributed by atoms with Gasteiger partial charge in [-0.3, -0.25) is 0 Å². The number of aromatic nitrogens is 2. The van der Waals surface area contributed by atoms with Crippen LogP contribution in [0.25, 0.3) is 32.8 Å². The van der Waals surface area contributed by atoms with E-state index in [1.807, 2.05) is 4.90 Å². The molecule has 1 fully saturated rings. The van der Waals surface area contributed by atoms with E-state index in [1.165, 1.54) is 25.3 Å². The number of rotatable bonds is 3. The number of ether oxygens (including phenoxy) is 1. The highest BCUT2D eigenvalue weighted by atomic mass is 19.1. The molecule has 0 aliphatic carbocycles. The number of phenols is 1. The number of hydrogen-bond acceptors (Lipinski definition) is 5. The van der Waals surface area contributed by atoms with Crippen LogP contribution in [-0.2, 0) is 0 Å². The van der Waals surface area contributed by atoms with Crippen molar-refractivity contribution in [2.75, 3.05) is 25.1 Å². The molecule has 4 aromatic rings. The van der Waals surface area contributed by atoms with Crippen molar-refractivity contribution in [3.05, 3.63) is 53.6 Å². The van der Waals surface area contributed by atoms with Crippen LogP contribution in [-0.4, -0.2) is 35.3 Å². The summed E-state index contributed by atoms with van der Waals surface area (Å²) in [7, 11) is 1.41. The first-order valence-corrected chi connectivity index (χ1v) is 11.1. The summed E-state index contributed by atoms with van der Waals surface area (Å²) in [6.07, 6.45) is 7.73. The fourth-order valence-corrected chi connectivity index (χ4v) is 4.85. The Morgan fingerprint density at radius 1 is 1.21 bits per heavy atom. The number of phenolic OH excluding ortho intramolecular Hbond substituents is 1. The predicted octanol–water partition coefficient (Wildman–Crippen LogP) is 5.66. The molecule has 7 heteroatoms. The van der Waals surface area contributed by atoms with Gasteiger partial charge in [0, 0.05) is 35.0 Å². The highest BCUT2D eigenvalue weighted by molar-refractivity contribution is 6.04. The number of aromatic hydroxyl groups is 1. The van der Waals surface area contributed by atoms with Crippen LogP contribution in [0, 0.1) is 29.9 Å². The van der Waals surface area contributed by atoms with Gasteiger partial charge in [0.2, 0.25) is 0 Å². The summed E-state index contributed by atoms with van der Waals surface area (Å²) in [5.74, 6) is 1.67. The summed E-state index contributed by atoms with van der Waals surface area (Å²) in [4.78, 5) is 10.7. The van der Waals surface area contributed by atoms with Gasteiger partial charge in [0.25, 0.3) is 0 Å². The Hall–Kier alpha value is -3.92. The van der Waals surface area contributed by atoms with Crippen LogP contribution in [0.1, 0.15) is 25.3 Å². The second kappa shape index (κ2) is 8.45. The normalized spacial score (nSPS) is 16.1. The lowest BCUT2D eigenvalue weighted by Crippen LogP contribution is -2.35. The van der Waals surface area contributed by atoms with E-state index in [-0.39, 0.29) is 33.8 Å². The molecule has 1 aliphatic rings. The molecular weight excluding hydrogens is 436 g/mol. The maximum absolute atomic E-state index is 16.1. The lowest BCUT2D eigenvalue weighted by molar-refractivity contribution is 0.379. The maximum atomic E-state index is 16.1. The molecule has 1 saturated heterocycles. The molecule has 0 amide bonds. The molecule has 1 N–H and O–H groups in total. The molecule has 3 aromatic carbocycles. The van der Waals surface area contributed by atoms with Crippen LogP contribution in [0.4, 0.5) is 14.6 Å². The highest BCUT2D eigenvalue weighted by Gasteiger charge is 2.26. The van der Waals surface area contributed by atoms with Crippen LogP contribution in [0.3, 0.4) is 0 Å². The number of terminal acetylenes is 1. The van der Waals surface area contributed by atoms with Gasteiger partial charge in [-0.15, -0.1) is 6.42 Å². The number of piperidine rings is 1. The van der Waals surface area contributed by atoms with Crippen molar-refractivity contribution in [1.29, 1.82) is 0 Å². The first-order chi connectivity index (χ1) is 16.4. The topological polar surface area (TPSA) is 58.5 Å². The van der Waals surface area contributed by atoms with E-state index in [0.717, 1.165) is 25.9 Å². The smallest absolute Gasteiger partial charge is 0.318 e. The maximum Gasteiger partial charge on any atom is 0.318 e. The second-order valence-electron chi connectivity index (χ2n) is 8.71. The van der Waals surface area contributed by atoms with Gasteiger partial charge in [-0.2, -0.15) is 9.97 Å². The zero-order chi connectivity index (χ0) is 24.0. The number of fused-ring (bicyclic) bond motifs is 2. The molecule has 1 aliphatic heterocycles. The average molecular weight is 459 g/mol. The predicted molar refractivity (Wildman–Crippen MR) is 129 cm³/mol. The first kappa shape index (κ1) is 21.9. The molecule has 1 aromatic heterocycles. The first-order valence-electron chi connectivity index (χ1n) is 11.1. The molecule has 1 atom stereocenters. The number of anilines is 1. The highest BCUT2D eigenvalue weighted by Crippen LogP contribution is 2.41. The Balaban J connectivity index is 1.83.